The van der Waals surface area contributed by atoms with Crippen LogP contribution >= 0.6 is 11.6 Å². The lowest BCUT2D eigenvalue weighted by molar-refractivity contribution is -0.143. The van der Waals surface area contributed by atoms with Gasteiger partial charge in [0.05, 0.1) is 35.0 Å². The summed E-state index contributed by atoms with van der Waals surface area (Å²) >= 11 is 6.07. The van der Waals surface area contributed by atoms with Gasteiger partial charge in [-0.3, -0.25) is 23.8 Å². The fraction of sp³-hybridized carbons (Fsp3) is 0.0870. The first-order valence-electron chi connectivity index (χ1n) is 10.3. The van der Waals surface area contributed by atoms with Gasteiger partial charge in [-0.25, -0.2) is 4.68 Å². The van der Waals surface area contributed by atoms with Crippen molar-refractivity contribution in [1.29, 1.82) is 0 Å². The molecular weight excluding hydrogens is 499 g/mol. The zero-order chi connectivity index (χ0) is 25.8. The Morgan fingerprint density at radius 1 is 1.08 bits per heavy atom. The van der Waals surface area contributed by atoms with Gasteiger partial charge in [-0.15, -0.1) is 0 Å². The van der Waals surface area contributed by atoms with E-state index < -0.39 is 28.9 Å². The third-order valence-electron chi connectivity index (χ3n) is 5.57. The van der Waals surface area contributed by atoms with Gasteiger partial charge in [-0.1, -0.05) is 17.7 Å². The number of primary amides is 1. The van der Waals surface area contributed by atoms with Crippen LogP contribution in [0.1, 0.15) is 16.1 Å². The summed E-state index contributed by atoms with van der Waals surface area (Å²) in [5, 5.41) is 8.79. The van der Waals surface area contributed by atoms with Crippen LogP contribution in [0.3, 0.4) is 0 Å². The summed E-state index contributed by atoms with van der Waals surface area (Å²) in [4.78, 5) is 29.1. The van der Waals surface area contributed by atoms with E-state index in [4.69, 9.17) is 17.3 Å². The summed E-state index contributed by atoms with van der Waals surface area (Å²) in [6.07, 6.45) is 0.301. The highest BCUT2D eigenvalue weighted by Gasteiger charge is 2.40. The van der Waals surface area contributed by atoms with Crippen LogP contribution in [0, 0.1) is 0 Å². The first-order valence-corrected chi connectivity index (χ1v) is 10.7. The monoisotopic (exact) mass is 513 g/mol. The topological polar surface area (TPSA) is 114 Å². The second-order valence-electron chi connectivity index (χ2n) is 7.82. The normalized spacial score (nSPS) is 11.8. The van der Waals surface area contributed by atoms with Crippen molar-refractivity contribution < 1.29 is 18.0 Å². The molecule has 0 saturated heterocycles. The molecule has 1 aromatic carbocycles. The average Bonchev–Trinajstić information content (AvgIpc) is 3.43. The van der Waals surface area contributed by atoms with Crippen molar-refractivity contribution >= 4 is 28.3 Å². The molecule has 0 radical (unpaired) electrons. The first-order chi connectivity index (χ1) is 17.1. The molecule has 2 N–H and O–H groups in total. The number of carbonyl (C=O) groups is 1. The van der Waals surface area contributed by atoms with Gasteiger partial charge in [0.2, 0.25) is 0 Å². The molecule has 0 fully saturated rings. The maximum atomic E-state index is 13.8. The predicted octanol–water partition coefficient (Wildman–Crippen LogP) is 3.74. The number of pyridine rings is 2. The number of halogens is 4. The summed E-state index contributed by atoms with van der Waals surface area (Å²) in [5.74, 6) is -1.27. The Balaban J connectivity index is 1.67. The lowest BCUT2D eigenvalue weighted by Crippen LogP contribution is -2.21. The van der Waals surface area contributed by atoms with E-state index in [1.54, 1.807) is 25.4 Å². The number of nitrogens with zero attached hydrogens (tertiary/aromatic N) is 6. The van der Waals surface area contributed by atoms with Crippen LogP contribution < -0.4 is 11.3 Å². The van der Waals surface area contributed by atoms with E-state index in [-0.39, 0.29) is 16.5 Å². The third kappa shape index (κ3) is 3.81. The van der Waals surface area contributed by atoms with Crippen molar-refractivity contribution in [2.45, 2.75) is 6.18 Å². The van der Waals surface area contributed by atoms with E-state index in [1.807, 2.05) is 0 Å². The van der Waals surface area contributed by atoms with Gasteiger partial charge in [0, 0.05) is 41.8 Å². The number of nitrogens with two attached hydrogens (primary N) is 1. The minimum Gasteiger partial charge on any atom is -0.365 e. The smallest absolute Gasteiger partial charge is 0.365 e. The molecule has 13 heteroatoms. The molecule has 0 saturated carbocycles. The van der Waals surface area contributed by atoms with Crippen LogP contribution in [-0.2, 0) is 13.2 Å². The Morgan fingerprint density at radius 2 is 1.86 bits per heavy atom. The lowest BCUT2D eigenvalue weighted by Gasteiger charge is -2.14. The molecule has 9 nitrogen and oxygen atoms in total. The summed E-state index contributed by atoms with van der Waals surface area (Å²) in [6, 6.07) is 9.12. The standard InChI is InChI=1S/C23H15ClF3N7O2/c1-32-19(24)8-17(31-32)12-7-13(10-29-9-12)33-6-5-14-15(22(33)36)3-2-4-18(14)34-20(23(25,26)27)16(11-30-34)21(28)35/h2-11H,1H3,(H2,28,35). The van der Waals surface area contributed by atoms with Gasteiger partial charge in [0.25, 0.3) is 11.5 Å². The molecule has 0 unspecified atom stereocenters. The zero-order valence-corrected chi connectivity index (χ0v) is 19.1. The number of rotatable bonds is 4. The van der Waals surface area contributed by atoms with Gasteiger partial charge in [0.1, 0.15) is 5.15 Å². The van der Waals surface area contributed by atoms with Gasteiger partial charge in [-0.05, 0) is 24.3 Å². The van der Waals surface area contributed by atoms with E-state index in [9.17, 15) is 22.8 Å². The van der Waals surface area contributed by atoms with Gasteiger partial charge in [-0.2, -0.15) is 23.4 Å². The average molecular weight is 514 g/mol. The third-order valence-corrected chi connectivity index (χ3v) is 5.93. The Bertz CT molecular complexity index is 1700. The number of fused-ring (bicyclic) bond motifs is 1. The Morgan fingerprint density at radius 3 is 2.53 bits per heavy atom. The number of alkyl halides is 3. The number of hydrogen-bond acceptors (Lipinski definition) is 5. The van der Waals surface area contributed by atoms with Gasteiger partial charge < -0.3 is 5.73 Å². The number of aryl methyl sites for hydroxylation is 1. The molecule has 0 atom stereocenters. The molecule has 36 heavy (non-hydrogen) atoms. The molecule has 5 aromatic rings. The highest BCUT2D eigenvalue weighted by molar-refractivity contribution is 6.29. The summed E-state index contributed by atoms with van der Waals surface area (Å²) in [5.41, 5.74) is 4.07. The second kappa shape index (κ2) is 8.34. The number of amides is 1. The molecule has 0 aliphatic carbocycles. The molecule has 0 spiro atoms. The predicted molar refractivity (Wildman–Crippen MR) is 125 cm³/mol. The Labute approximate surface area is 205 Å². The molecule has 0 aliphatic rings. The first kappa shape index (κ1) is 23.3. The fourth-order valence-corrected chi connectivity index (χ4v) is 4.06. The highest BCUT2D eigenvalue weighted by Crippen LogP contribution is 2.35. The molecule has 4 aromatic heterocycles. The van der Waals surface area contributed by atoms with E-state index in [2.05, 4.69) is 15.2 Å². The minimum absolute atomic E-state index is 0.0356. The quantitative estimate of drug-likeness (QED) is 0.393. The van der Waals surface area contributed by atoms with E-state index in [1.165, 1.54) is 45.9 Å². The van der Waals surface area contributed by atoms with Crippen molar-refractivity contribution in [3.63, 3.8) is 0 Å². The van der Waals surface area contributed by atoms with Crippen LogP contribution in [0.2, 0.25) is 5.15 Å². The molecule has 4 heterocycles. The fourth-order valence-electron chi connectivity index (χ4n) is 3.92. The molecule has 1 amide bonds. The summed E-state index contributed by atoms with van der Waals surface area (Å²) in [7, 11) is 1.69. The maximum Gasteiger partial charge on any atom is 0.434 e. The number of benzene rings is 1. The van der Waals surface area contributed by atoms with Crippen molar-refractivity contribution in [2.75, 3.05) is 0 Å². The lowest BCUT2D eigenvalue weighted by atomic mass is 10.1. The molecule has 5 rings (SSSR count). The number of aromatic nitrogens is 6. The Kier molecular flexibility index (Phi) is 5.40. The van der Waals surface area contributed by atoms with Gasteiger partial charge >= 0.3 is 6.18 Å². The van der Waals surface area contributed by atoms with Crippen LogP contribution in [0.25, 0.3) is 33.4 Å². The van der Waals surface area contributed by atoms with Crippen molar-refractivity contribution in [3.8, 4) is 22.6 Å². The van der Waals surface area contributed by atoms with Gasteiger partial charge in [0.15, 0.2) is 5.69 Å². The summed E-state index contributed by atoms with van der Waals surface area (Å²) in [6.45, 7) is 0. The van der Waals surface area contributed by atoms with Crippen LogP contribution in [0.15, 0.2) is 66.0 Å². The SMILES string of the molecule is Cn1nc(-c2cncc(-n3ccc4c(-n5ncc(C(N)=O)c5C(F)(F)F)cccc4c3=O)c2)cc1Cl. The highest BCUT2D eigenvalue weighted by atomic mass is 35.5. The van der Waals surface area contributed by atoms with Crippen LogP contribution in [0.4, 0.5) is 13.2 Å². The van der Waals surface area contributed by atoms with E-state index in [0.29, 0.717) is 26.8 Å². The van der Waals surface area contributed by atoms with E-state index in [0.717, 1.165) is 6.20 Å². The summed E-state index contributed by atoms with van der Waals surface area (Å²) < 4.78 is 44.8. The van der Waals surface area contributed by atoms with Crippen molar-refractivity contribution in [2.24, 2.45) is 12.8 Å². The zero-order valence-electron chi connectivity index (χ0n) is 18.4. The van der Waals surface area contributed by atoms with Crippen LogP contribution in [0.5, 0.6) is 0 Å². The number of hydrogen-bond donors (Lipinski definition) is 1. The largest absolute Gasteiger partial charge is 0.434 e. The van der Waals surface area contributed by atoms with E-state index >= 15 is 0 Å². The second-order valence-corrected chi connectivity index (χ2v) is 8.20. The van der Waals surface area contributed by atoms with Crippen molar-refractivity contribution in [1.82, 2.24) is 29.1 Å². The molecule has 0 bridgehead atoms. The molecule has 182 valence electrons. The molecule has 0 aliphatic heterocycles. The molecular formula is C23H15ClF3N7O2. The maximum absolute atomic E-state index is 13.8. The van der Waals surface area contributed by atoms with Crippen molar-refractivity contribution in [3.05, 3.63) is 87.9 Å². The number of carbonyl (C=O) groups excluding carboxylic acids is 1. The Hall–Kier alpha value is -4.45. The van der Waals surface area contributed by atoms with Crippen LogP contribution in [-0.4, -0.2) is 35.0 Å². The minimum atomic E-state index is -4.92.